The highest BCUT2D eigenvalue weighted by Crippen LogP contribution is 2.34. The molecule has 3 heterocycles. The first kappa shape index (κ1) is 22.2. The highest BCUT2D eigenvalue weighted by molar-refractivity contribution is 7.89. The molecule has 32 heavy (non-hydrogen) atoms. The van der Waals surface area contributed by atoms with Crippen LogP contribution in [0, 0.1) is 12.8 Å². The highest BCUT2D eigenvalue weighted by Gasteiger charge is 2.39. The number of fused-ring (bicyclic) bond motifs is 1. The average molecular weight is 459 g/mol. The number of aryl methyl sites for hydroxylation is 1. The number of carboxylic acids is 1. The van der Waals surface area contributed by atoms with Gasteiger partial charge in [-0.3, -0.25) is 9.48 Å². The molecule has 0 amide bonds. The minimum atomic E-state index is -3.74. The molecular weight excluding hydrogens is 432 g/mol. The van der Waals surface area contributed by atoms with Crippen LogP contribution in [-0.4, -0.2) is 58.3 Å². The van der Waals surface area contributed by atoms with Crippen LogP contribution in [-0.2, 0) is 21.2 Å². The number of sulfonamides is 1. The number of benzene rings is 1. The maximum absolute atomic E-state index is 13.2. The lowest BCUT2D eigenvalue weighted by Gasteiger charge is -2.17. The van der Waals surface area contributed by atoms with Gasteiger partial charge in [0, 0.05) is 24.5 Å². The van der Waals surface area contributed by atoms with Gasteiger partial charge >= 0.3 is 5.97 Å². The molecule has 0 bridgehead atoms. The third-order valence-electron chi connectivity index (χ3n) is 5.75. The molecular formula is C22H26N4O5S. The number of hydrogen-bond acceptors (Lipinski definition) is 6. The van der Waals surface area contributed by atoms with E-state index in [1.165, 1.54) is 16.6 Å². The molecule has 9 nitrogen and oxygen atoms in total. The van der Waals surface area contributed by atoms with Crippen molar-refractivity contribution in [2.45, 2.75) is 38.1 Å². The molecule has 1 fully saturated rings. The van der Waals surface area contributed by atoms with Crippen LogP contribution in [0.1, 0.15) is 31.1 Å². The van der Waals surface area contributed by atoms with Crippen molar-refractivity contribution < 1.29 is 23.1 Å². The standard InChI is InChI=1S/C22H26N4O5S/c1-4-31-21-8-6-16(11-23-21)32(29,30)25-12-15(3)20(13-25)26-19-7-5-14(2)9-17(19)18(24-26)10-22(27)28/h5-9,11,15,20H,4,10,12-13H2,1-3H3,(H,27,28)/t15-,20+/m1/s1. The van der Waals surface area contributed by atoms with Crippen molar-refractivity contribution in [3.05, 3.63) is 47.8 Å². The molecule has 2 aromatic heterocycles. The molecule has 0 saturated carbocycles. The van der Waals surface area contributed by atoms with E-state index in [9.17, 15) is 18.3 Å². The van der Waals surface area contributed by atoms with Crippen LogP contribution >= 0.6 is 0 Å². The zero-order valence-electron chi connectivity index (χ0n) is 18.2. The van der Waals surface area contributed by atoms with Gasteiger partial charge in [0.2, 0.25) is 15.9 Å². The van der Waals surface area contributed by atoms with Crippen molar-refractivity contribution in [2.24, 2.45) is 5.92 Å². The summed E-state index contributed by atoms with van der Waals surface area (Å²) in [5, 5.41) is 14.7. The number of carboxylic acid groups (broad SMARTS) is 1. The molecule has 170 valence electrons. The molecule has 1 aliphatic heterocycles. The van der Waals surface area contributed by atoms with Gasteiger partial charge in [-0.1, -0.05) is 18.6 Å². The molecule has 1 saturated heterocycles. The van der Waals surface area contributed by atoms with Gasteiger partial charge in [-0.05, 0) is 38.0 Å². The Morgan fingerprint density at radius 3 is 2.69 bits per heavy atom. The van der Waals surface area contributed by atoms with Crippen LogP contribution in [0.4, 0.5) is 0 Å². The fourth-order valence-electron chi connectivity index (χ4n) is 4.17. The van der Waals surface area contributed by atoms with Gasteiger partial charge in [0.1, 0.15) is 4.90 Å². The van der Waals surface area contributed by atoms with E-state index in [0.717, 1.165) is 16.5 Å². The monoisotopic (exact) mass is 458 g/mol. The van der Waals surface area contributed by atoms with Crippen LogP contribution in [0.2, 0.25) is 0 Å². The summed E-state index contributed by atoms with van der Waals surface area (Å²) < 4.78 is 35.0. The summed E-state index contributed by atoms with van der Waals surface area (Å²) in [6.07, 6.45) is 1.13. The predicted octanol–water partition coefficient (Wildman–Crippen LogP) is 2.65. The normalized spacial score (nSPS) is 19.5. The second-order valence-corrected chi connectivity index (χ2v) is 10.1. The SMILES string of the molecule is CCOc1ccc(S(=O)(=O)N2C[C@@H](C)[C@@H](n3nc(CC(=O)O)c4cc(C)ccc43)C2)cn1. The molecule has 1 aliphatic rings. The Kier molecular flexibility index (Phi) is 5.91. The summed E-state index contributed by atoms with van der Waals surface area (Å²) in [4.78, 5) is 15.5. The Hall–Kier alpha value is -2.98. The Balaban J connectivity index is 1.66. The van der Waals surface area contributed by atoms with Crippen molar-refractivity contribution in [1.29, 1.82) is 0 Å². The molecule has 0 unspecified atom stereocenters. The van der Waals surface area contributed by atoms with E-state index in [1.54, 1.807) is 10.7 Å². The molecule has 2 atom stereocenters. The fourth-order valence-corrected chi connectivity index (χ4v) is 5.67. The number of aromatic nitrogens is 3. The zero-order valence-corrected chi connectivity index (χ0v) is 19.0. The van der Waals surface area contributed by atoms with Gasteiger partial charge in [-0.15, -0.1) is 0 Å². The first-order chi connectivity index (χ1) is 15.2. The first-order valence-corrected chi connectivity index (χ1v) is 11.9. The molecule has 0 aliphatic carbocycles. The van der Waals surface area contributed by atoms with E-state index in [4.69, 9.17) is 4.74 Å². The van der Waals surface area contributed by atoms with Crippen molar-refractivity contribution in [1.82, 2.24) is 19.1 Å². The topological polar surface area (TPSA) is 115 Å². The van der Waals surface area contributed by atoms with Crippen LogP contribution in [0.15, 0.2) is 41.4 Å². The largest absolute Gasteiger partial charge is 0.481 e. The van der Waals surface area contributed by atoms with E-state index in [-0.39, 0.29) is 29.8 Å². The zero-order chi connectivity index (χ0) is 23.0. The molecule has 10 heteroatoms. The summed E-state index contributed by atoms with van der Waals surface area (Å²) in [6, 6.07) is 8.63. The third-order valence-corrected chi connectivity index (χ3v) is 7.56. The van der Waals surface area contributed by atoms with Gasteiger partial charge in [0.25, 0.3) is 0 Å². The number of nitrogens with zero attached hydrogens (tertiary/aromatic N) is 4. The Bertz CT molecular complexity index is 1250. The number of ether oxygens (including phenoxy) is 1. The highest BCUT2D eigenvalue weighted by atomic mass is 32.2. The molecule has 4 rings (SSSR count). The Morgan fingerprint density at radius 1 is 1.25 bits per heavy atom. The maximum atomic E-state index is 13.2. The number of rotatable bonds is 7. The van der Waals surface area contributed by atoms with E-state index in [2.05, 4.69) is 10.1 Å². The van der Waals surface area contributed by atoms with E-state index in [0.29, 0.717) is 24.7 Å². The van der Waals surface area contributed by atoms with Crippen LogP contribution in [0.5, 0.6) is 5.88 Å². The van der Waals surface area contributed by atoms with E-state index < -0.39 is 16.0 Å². The van der Waals surface area contributed by atoms with Crippen LogP contribution in [0.3, 0.4) is 0 Å². The number of hydrogen-bond donors (Lipinski definition) is 1. The summed E-state index contributed by atoms with van der Waals surface area (Å²) in [5.41, 5.74) is 2.31. The number of aliphatic carboxylic acids is 1. The van der Waals surface area contributed by atoms with Crippen LogP contribution < -0.4 is 4.74 Å². The van der Waals surface area contributed by atoms with Crippen molar-refractivity contribution in [3.63, 3.8) is 0 Å². The molecule has 1 N–H and O–H groups in total. The summed E-state index contributed by atoms with van der Waals surface area (Å²) >= 11 is 0. The van der Waals surface area contributed by atoms with Crippen molar-refractivity contribution in [3.8, 4) is 5.88 Å². The summed E-state index contributed by atoms with van der Waals surface area (Å²) in [7, 11) is -3.74. The lowest BCUT2D eigenvalue weighted by Crippen LogP contribution is -2.29. The Labute approximate surface area is 186 Å². The molecule has 3 aromatic rings. The quantitative estimate of drug-likeness (QED) is 0.579. The van der Waals surface area contributed by atoms with E-state index >= 15 is 0 Å². The predicted molar refractivity (Wildman–Crippen MR) is 118 cm³/mol. The Morgan fingerprint density at radius 2 is 2.03 bits per heavy atom. The first-order valence-electron chi connectivity index (χ1n) is 10.5. The summed E-state index contributed by atoms with van der Waals surface area (Å²) in [5.74, 6) is -0.587. The lowest BCUT2D eigenvalue weighted by molar-refractivity contribution is -0.136. The summed E-state index contributed by atoms with van der Waals surface area (Å²) in [6.45, 7) is 6.79. The van der Waals surface area contributed by atoms with Crippen molar-refractivity contribution >= 4 is 26.9 Å². The van der Waals surface area contributed by atoms with Gasteiger partial charge in [0.15, 0.2) is 0 Å². The fraction of sp³-hybridized carbons (Fsp3) is 0.409. The maximum Gasteiger partial charge on any atom is 0.309 e. The second-order valence-electron chi connectivity index (χ2n) is 8.11. The smallest absolute Gasteiger partial charge is 0.309 e. The van der Waals surface area contributed by atoms with Crippen molar-refractivity contribution in [2.75, 3.05) is 19.7 Å². The number of carbonyl (C=O) groups is 1. The van der Waals surface area contributed by atoms with Gasteiger partial charge in [-0.2, -0.15) is 9.40 Å². The van der Waals surface area contributed by atoms with E-state index in [1.807, 2.05) is 39.0 Å². The van der Waals surface area contributed by atoms with Gasteiger partial charge in [0.05, 0.1) is 36.5 Å². The third kappa shape index (κ3) is 4.07. The average Bonchev–Trinajstić information content (AvgIpc) is 3.29. The number of pyridine rings is 1. The van der Waals surface area contributed by atoms with Gasteiger partial charge in [-0.25, -0.2) is 13.4 Å². The minimum Gasteiger partial charge on any atom is -0.481 e. The molecule has 0 spiro atoms. The second kappa shape index (κ2) is 8.51. The van der Waals surface area contributed by atoms with Crippen LogP contribution in [0.25, 0.3) is 10.9 Å². The molecule has 0 radical (unpaired) electrons. The van der Waals surface area contributed by atoms with Gasteiger partial charge < -0.3 is 9.84 Å². The lowest BCUT2D eigenvalue weighted by atomic mass is 10.1. The molecule has 1 aromatic carbocycles. The minimum absolute atomic E-state index is 0.0116.